The van der Waals surface area contributed by atoms with Crippen LogP contribution in [0.2, 0.25) is 0 Å². The maximum atomic E-state index is 12.8. The first-order valence-electron chi connectivity index (χ1n) is 5.17. The second-order valence-corrected chi connectivity index (χ2v) is 3.94. The predicted molar refractivity (Wildman–Crippen MR) is 49.4 cm³/mol. The summed E-state index contributed by atoms with van der Waals surface area (Å²) in [5.41, 5.74) is 5.14. The van der Waals surface area contributed by atoms with E-state index in [0.29, 0.717) is 17.7 Å². The first-order chi connectivity index (χ1) is 7.71. The van der Waals surface area contributed by atoms with Crippen LogP contribution in [-0.2, 0) is 4.79 Å². The molecule has 0 saturated heterocycles. The van der Waals surface area contributed by atoms with Crippen LogP contribution in [0.25, 0.3) is 0 Å². The quantitative estimate of drug-likeness (QED) is 0.762. The van der Waals surface area contributed by atoms with Crippen molar-refractivity contribution < 1.29 is 26.7 Å². The van der Waals surface area contributed by atoms with E-state index >= 15 is 0 Å². The highest BCUT2D eigenvalue weighted by Crippen LogP contribution is 2.39. The lowest BCUT2D eigenvalue weighted by Gasteiger charge is -2.27. The van der Waals surface area contributed by atoms with Crippen molar-refractivity contribution in [3.8, 4) is 0 Å². The van der Waals surface area contributed by atoms with Gasteiger partial charge in [-0.05, 0) is 25.8 Å². The van der Waals surface area contributed by atoms with Crippen LogP contribution >= 0.6 is 0 Å². The third-order valence-corrected chi connectivity index (χ3v) is 2.48. The van der Waals surface area contributed by atoms with Gasteiger partial charge in [0.15, 0.2) is 0 Å². The van der Waals surface area contributed by atoms with Gasteiger partial charge in [0.2, 0.25) is 0 Å². The number of halogens is 5. The molecule has 0 aromatic carbocycles. The molecule has 0 atom stereocenters. The van der Waals surface area contributed by atoms with Gasteiger partial charge in [0.1, 0.15) is 0 Å². The van der Waals surface area contributed by atoms with Crippen LogP contribution < -0.4 is 5.73 Å². The minimum atomic E-state index is -5.85. The van der Waals surface area contributed by atoms with E-state index < -0.39 is 24.0 Å². The van der Waals surface area contributed by atoms with Crippen molar-refractivity contribution in [1.29, 1.82) is 0 Å². The van der Waals surface area contributed by atoms with E-state index in [4.69, 9.17) is 5.73 Å². The second kappa shape index (κ2) is 4.75. The zero-order chi connectivity index (χ0) is 13.3. The lowest BCUT2D eigenvalue weighted by atomic mass is 10.2. The molecule has 0 aliphatic heterocycles. The van der Waals surface area contributed by atoms with E-state index in [9.17, 15) is 26.7 Å². The molecule has 2 N–H and O–H groups in total. The largest absolute Gasteiger partial charge is 0.463 e. The first-order valence-corrected chi connectivity index (χ1v) is 5.17. The number of carbonyl (C=O) groups excluding carboxylic acids is 1. The normalized spacial score (nSPS) is 17.1. The molecule has 1 saturated carbocycles. The van der Waals surface area contributed by atoms with Crippen LogP contribution in [0.4, 0.5) is 22.0 Å². The molecule has 1 aliphatic rings. The standard InChI is InChI=1S/C9H13F5N2O/c10-8(11,9(12,13)14)7(17)16(5-1-4-15)6-2-3-6/h6H,1-5,15H2. The van der Waals surface area contributed by atoms with Gasteiger partial charge in [-0.15, -0.1) is 0 Å². The topological polar surface area (TPSA) is 46.3 Å². The van der Waals surface area contributed by atoms with Gasteiger partial charge in [0.05, 0.1) is 0 Å². The van der Waals surface area contributed by atoms with Crippen molar-refractivity contribution in [3.05, 3.63) is 0 Å². The Morgan fingerprint density at radius 3 is 2.12 bits per heavy atom. The second-order valence-electron chi connectivity index (χ2n) is 3.94. The Bertz CT molecular complexity index is 288. The average molecular weight is 260 g/mol. The smallest absolute Gasteiger partial charge is 0.334 e. The zero-order valence-corrected chi connectivity index (χ0v) is 8.94. The molecule has 0 aromatic rings. The SMILES string of the molecule is NCCCN(C(=O)C(F)(F)C(F)(F)F)C1CC1. The number of nitrogens with zero attached hydrogens (tertiary/aromatic N) is 1. The molecule has 0 spiro atoms. The van der Waals surface area contributed by atoms with E-state index in [1.165, 1.54) is 0 Å². The number of nitrogens with two attached hydrogens (primary N) is 1. The molecule has 0 bridgehead atoms. The highest BCUT2D eigenvalue weighted by molar-refractivity contribution is 5.85. The van der Waals surface area contributed by atoms with Crippen molar-refractivity contribution in [2.75, 3.05) is 13.1 Å². The summed E-state index contributed by atoms with van der Waals surface area (Å²) in [7, 11) is 0. The highest BCUT2D eigenvalue weighted by atomic mass is 19.4. The van der Waals surface area contributed by atoms with Gasteiger partial charge in [-0.25, -0.2) is 0 Å². The number of amides is 1. The number of rotatable bonds is 5. The van der Waals surface area contributed by atoms with Crippen LogP contribution in [0.3, 0.4) is 0 Å². The van der Waals surface area contributed by atoms with Crippen LogP contribution in [0, 0.1) is 0 Å². The summed E-state index contributed by atoms with van der Waals surface area (Å²) in [6, 6.07) is -0.498. The molecule has 17 heavy (non-hydrogen) atoms. The zero-order valence-electron chi connectivity index (χ0n) is 8.94. The van der Waals surface area contributed by atoms with Crippen LogP contribution in [0.5, 0.6) is 0 Å². The van der Waals surface area contributed by atoms with Crippen molar-refractivity contribution >= 4 is 5.91 Å². The van der Waals surface area contributed by atoms with Gasteiger partial charge in [0.25, 0.3) is 0 Å². The minimum absolute atomic E-state index is 0.133. The fraction of sp³-hybridized carbons (Fsp3) is 0.889. The molecule has 3 nitrogen and oxygen atoms in total. The molecule has 0 aromatic heterocycles. The third-order valence-electron chi connectivity index (χ3n) is 2.48. The summed E-state index contributed by atoms with van der Waals surface area (Å²) in [5, 5.41) is 0. The van der Waals surface area contributed by atoms with E-state index in [1.54, 1.807) is 0 Å². The monoisotopic (exact) mass is 260 g/mol. The number of hydrogen-bond acceptors (Lipinski definition) is 2. The Morgan fingerprint density at radius 2 is 1.76 bits per heavy atom. The summed E-state index contributed by atoms with van der Waals surface area (Å²) in [5.74, 6) is -7.48. The molecule has 100 valence electrons. The predicted octanol–water partition coefficient (Wildman–Crippen LogP) is 1.52. The van der Waals surface area contributed by atoms with Crippen molar-refractivity contribution in [2.45, 2.75) is 37.4 Å². The van der Waals surface area contributed by atoms with Crippen molar-refractivity contribution in [1.82, 2.24) is 4.90 Å². The molecular weight excluding hydrogens is 247 g/mol. The van der Waals surface area contributed by atoms with E-state index in [0.717, 1.165) is 0 Å². The Hall–Kier alpha value is -0.920. The number of hydrogen-bond donors (Lipinski definition) is 1. The summed E-state index contributed by atoms with van der Waals surface area (Å²) in [6.45, 7) is -0.0280. The number of alkyl halides is 5. The first kappa shape index (κ1) is 14.1. The van der Waals surface area contributed by atoms with Gasteiger partial charge in [-0.3, -0.25) is 4.79 Å². The summed E-state index contributed by atoms with van der Waals surface area (Å²) >= 11 is 0. The molecule has 0 unspecified atom stereocenters. The lowest BCUT2D eigenvalue weighted by Crippen LogP contribution is -2.53. The van der Waals surface area contributed by atoms with E-state index in [1.807, 2.05) is 0 Å². The van der Waals surface area contributed by atoms with Crippen LogP contribution in [0.1, 0.15) is 19.3 Å². The Labute approximate surface area is 94.7 Å². The third kappa shape index (κ3) is 3.05. The average Bonchev–Trinajstić information content (AvgIpc) is 3.00. The molecule has 0 radical (unpaired) electrons. The summed E-state index contributed by atoms with van der Waals surface area (Å²) < 4.78 is 61.8. The molecular formula is C9H13F5N2O. The fourth-order valence-corrected chi connectivity index (χ4v) is 1.40. The Kier molecular flexibility index (Phi) is 3.95. The Balaban J connectivity index is 2.77. The van der Waals surface area contributed by atoms with E-state index in [-0.39, 0.29) is 19.5 Å². The molecule has 8 heteroatoms. The van der Waals surface area contributed by atoms with Gasteiger partial charge in [-0.2, -0.15) is 22.0 Å². The molecule has 1 rings (SSSR count). The lowest BCUT2D eigenvalue weighted by molar-refractivity contribution is -0.274. The van der Waals surface area contributed by atoms with Crippen LogP contribution in [-0.4, -0.2) is 42.0 Å². The minimum Gasteiger partial charge on any atom is -0.334 e. The number of carbonyl (C=O) groups is 1. The Morgan fingerprint density at radius 1 is 1.24 bits per heavy atom. The van der Waals surface area contributed by atoms with E-state index in [2.05, 4.69) is 0 Å². The van der Waals surface area contributed by atoms with Crippen molar-refractivity contribution in [2.24, 2.45) is 5.73 Å². The van der Waals surface area contributed by atoms with Gasteiger partial charge in [0, 0.05) is 12.6 Å². The van der Waals surface area contributed by atoms with Gasteiger partial charge >= 0.3 is 18.0 Å². The summed E-state index contributed by atoms with van der Waals surface area (Å²) in [4.78, 5) is 11.8. The highest BCUT2D eigenvalue weighted by Gasteiger charge is 2.65. The maximum Gasteiger partial charge on any atom is 0.463 e. The fourth-order valence-electron chi connectivity index (χ4n) is 1.40. The molecule has 1 fully saturated rings. The maximum absolute atomic E-state index is 12.8. The molecule has 0 heterocycles. The van der Waals surface area contributed by atoms with Gasteiger partial charge < -0.3 is 10.6 Å². The van der Waals surface area contributed by atoms with Crippen LogP contribution in [0.15, 0.2) is 0 Å². The van der Waals surface area contributed by atoms with Crippen molar-refractivity contribution in [3.63, 3.8) is 0 Å². The molecule has 1 aliphatic carbocycles. The van der Waals surface area contributed by atoms with Gasteiger partial charge in [-0.1, -0.05) is 0 Å². The molecule has 1 amide bonds. The summed E-state index contributed by atoms with van der Waals surface area (Å²) in [6.07, 6.45) is -4.72.